The van der Waals surface area contributed by atoms with Crippen LogP contribution < -0.4 is 4.90 Å². The van der Waals surface area contributed by atoms with Crippen molar-refractivity contribution in [3.05, 3.63) is 105 Å². The van der Waals surface area contributed by atoms with E-state index in [1.54, 1.807) is 21.9 Å². The number of rotatable bonds is 4. The maximum Gasteiger partial charge on any atom is 0.267 e. The molecule has 164 valence electrons. The fourth-order valence-corrected chi connectivity index (χ4v) is 5.79. The molecule has 0 saturated carbocycles. The Kier molecular flexibility index (Phi) is 5.83. The van der Waals surface area contributed by atoms with E-state index < -0.39 is 0 Å². The minimum Gasteiger partial charge on any atom is -0.303 e. The number of nitrogens with zero attached hydrogens (tertiary/aromatic N) is 2. The third-order valence-electron chi connectivity index (χ3n) is 5.87. The molecule has 2 aliphatic heterocycles. The maximum atomic E-state index is 13.6. The molecule has 7 heteroatoms. The number of amides is 2. The largest absolute Gasteiger partial charge is 0.303 e. The van der Waals surface area contributed by atoms with E-state index in [9.17, 15) is 9.59 Å². The van der Waals surface area contributed by atoms with E-state index in [0.717, 1.165) is 22.4 Å². The van der Waals surface area contributed by atoms with Crippen LogP contribution in [0.4, 0.5) is 5.69 Å². The van der Waals surface area contributed by atoms with E-state index in [-0.39, 0.29) is 17.9 Å². The van der Waals surface area contributed by atoms with Crippen LogP contribution in [-0.2, 0) is 16.1 Å². The molecule has 2 aliphatic rings. The summed E-state index contributed by atoms with van der Waals surface area (Å²) < 4.78 is 0.459. The van der Waals surface area contributed by atoms with Crippen LogP contribution in [0.3, 0.4) is 0 Å². The van der Waals surface area contributed by atoms with Gasteiger partial charge in [0.1, 0.15) is 4.32 Å². The zero-order chi connectivity index (χ0) is 23.1. The van der Waals surface area contributed by atoms with Crippen LogP contribution in [-0.4, -0.2) is 21.0 Å². The second-order valence-electron chi connectivity index (χ2n) is 7.87. The predicted molar refractivity (Wildman–Crippen MR) is 138 cm³/mol. The summed E-state index contributed by atoms with van der Waals surface area (Å²) in [5.74, 6) is -0.424. The van der Waals surface area contributed by atoms with Gasteiger partial charge in [-0.3, -0.25) is 14.5 Å². The Bertz CT molecular complexity index is 1310. The van der Waals surface area contributed by atoms with E-state index in [4.69, 9.17) is 23.8 Å². The first-order chi connectivity index (χ1) is 16.0. The van der Waals surface area contributed by atoms with Crippen LogP contribution in [0.2, 0.25) is 5.02 Å². The predicted octanol–water partition coefficient (Wildman–Crippen LogP) is 6.22. The fraction of sp³-hybridized carbons (Fsp3) is 0.115. The smallest absolute Gasteiger partial charge is 0.267 e. The average Bonchev–Trinajstić information content (AvgIpc) is 3.27. The van der Waals surface area contributed by atoms with Gasteiger partial charge in [-0.05, 0) is 36.2 Å². The second-order valence-corrected chi connectivity index (χ2v) is 9.95. The van der Waals surface area contributed by atoms with Crippen molar-refractivity contribution in [2.75, 3.05) is 4.90 Å². The molecule has 0 aromatic heterocycles. The van der Waals surface area contributed by atoms with Gasteiger partial charge >= 0.3 is 0 Å². The van der Waals surface area contributed by atoms with Gasteiger partial charge in [0, 0.05) is 10.6 Å². The van der Waals surface area contributed by atoms with Crippen molar-refractivity contribution < 1.29 is 9.59 Å². The summed E-state index contributed by atoms with van der Waals surface area (Å²) in [5, 5.41) is 0.642. The molecule has 1 fully saturated rings. The number of halogens is 1. The lowest BCUT2D eigenvalue weighted by Gasteiger charge is -2.23. The molecule has 4 nitrogen and oxygen atoms in total. The van der Waals surface area contributed by atoms with Gasteiger partial charge in [0.15, 0.2) is 0 Å². The molecule has 0 spiro atoms. The number of fused-ring (bicyclic) bond motifs is 1. The van der Waals surface area contributed by atoms with Gasteiger partial charge < -0.3 is 4.90 Å². The highest BCUT2D eigenvalue weighted by molar-refractivity contribution is 8.26. The molecule has 2 amide bonds. The molecule has 5 rings (SSSR count). The summed E-state index contributed by atoms with van der Waals surface area (Å²) >= 11 is 12.8. The minimum atomic E-state index is -0.229. The Morgan fingerprint density at radius 3 is 2.30 bits per heavy atom. The first-order valence-corrected chi connectivity index (χ1v) is 12.1. The lowest BCUT2D eigenvalue weighted by molar-refractivity contribution is -0.123. The van der Waals surface area contributed by atoms with Crippen molar-refractivity contribution in [1.82, 2.24) is 4.90 Å². The molecule has 0 aliphatic carbocycles. The van der Waals surface area contributed by atoms with Crippen molar-refractivity contribution in [2.24, 2.45) is 0 Å². The van der Waals surface area contributed by atoms with Crippen LogP contribution in [0, 0.1) is 0 Å². The van der Waals surface area contributed by atoms with Crippen LogP contribution in [0.15, 0.2) is 83.8 Å². The first kappa shape index (κ1) is 21.9. The molecule has 0 bridgehead atoms. The molecular formula is C26H19ClN2O2S2. The van der Waals surface area contributed by atoms with E-state index in [1.807, 2.05) is 73.7 Å². The molecule has 1 saturated heterocycles. The summed E-state index contributed by atoms with van der Waals surface area (Å²) in [5.41, 5.74) is 3.90. The number of hydrogen-bond acceptors (Lipinski definition) is 4. The second kappa shape index (κ2) is 8.78. The molecule has 3 aromatic rings. The quantitative estimate of drug-likeness (QED) is 0.321. The Balaban J connectivity index is 1.53. The Labute approximate surface area is 206 Å². The van der Waals surface area contributed by atoms with Gasteiger partial charge in [-0.2, -0.15) is 0 Å². The van der Waals surface area contributed by atoms with Crippen molar-refractivity contribution >= 4 is 63.0 Å². The number of thioether (sulfide) groups is 1. The average molecular weight is 491 g/mol. The van der Waals surface area contributed by atoms with Gasteiger partial charge in [0.25, 0.3) is 11.8 Å². The summed E-state index contributed by atoms with van der Waals surface area (Å²) in [4.78, 5) is 30.9. The zero-order valence-corrected chi connectivity index (χ0v) is 20.1. The molecule has 3 aromatic carbocycles. The van der Waals surface area contributed by atoms with Crippen LogP contribution >= 0.6 is 35.6 Å². The number of anilines is 1. The summed E-state index contributed by atoms with van der Waals surface area (Å²) in [6, 6.07) is 24.5. The Hall–Kier alpha value is -2.93. The molecule has 1 atom stereocenters. The van der Waals surface area contributed by atoms with Crippen molar-refractivity contribution in [3.8, 4) is 0 Å². The molecule has 33 heavy (non-hydrogen) atoms. The number of benzene rings is 3. The third-order valence-corrected chi connectivity index (χ3v) is 7.53. The van der Waals surface area contributed by atoms with Gasteiger partial charge in [-0.25, -0.2) is 0 Å². The molecule has 0 N–H and O–H groups in total. The van der Waals surface area contributed by atoms with E-state index in [0.29, 0.717) is 26.4 Å². The molecular weight excluding hydrogens is 472 g/mol. The van der Waals surface area contributed by atoms with Crippen molar-refractivity contribution in [3.63, 3.8) is 0 Å². The molecule has 0 radical (unpaired) electrons. The highest BCUT2D eigenvalue weighted by Gasteiger charge is 2.43. The SMILES string of the molecule is CC(c1ccccc1)N1C(=O)/C(=C2/C(=O)N(Cc3ccc(Cl)cc3)c3ccccc32)SC1=S. The van der Waals surface area contributed by atoms with Crippen LogP contribution in [0.5, 0.6) is 0 Å². The minimum absolute atomic E-state index is 0.195. The van der Waals surface area contributed by atoms with Gasteiger partial charge in [0.05, 0.1) is 28.8 Å². The summed E-state index contributed by atoms with van der Waals surface area (Å²) in [6.07, 6.45) is 0. The number of para-hydroxylation sites is 1. The molecule has 1 unspecified atom stereocenters. The highest BCUT2D eigenvalue weighted by Crippen LogP contribution is 2.46. The first-order valence-electron chi connectivity index (χ1n) is 10.5. The van der Waals surface area contributed by atoms with Gasteiger partial charge in [-0.1, -0.05) is 96.2 Å². The third kappa shape index (κ3) is 3.88. The maximum absolute atomic E-state index is 13.6. The number of carbonyl (C=O) groups excluding carboxylic acids is 2. The molecule has 2 heterocycles. The van der Waals surface area contributed by atoms with E-state index in [1.165, 1.54) is 11.8 Å². The van der Waals surface area contributed by atoms with E-state index in [2.05, 4.69) is 0 Å². The van der Waals surface area contributed by atoms with E-state index >= 15 is 0 Å². The van der Waals surface area contributed by atoms with Crippen molar-refractivity contribution in [1.29, 1.82) is 0 Å². The van der Waals surface area contributed by atoms with Crippen LogP contribution in [0.25, 0.3) is 5.57 Å². The fourth-order valence-electron chi connectivity index (χ4n) is 4.17. The Morgan fingerprint density at radius 2 is 1.58 bits per heavy atom. The van der Waals surface area contributed by atoms with Gasteiger partial charge in [-0.15, -0.1) is 0 Å². The normalized spacial score (nSPS) is 18.8. The monoisotopic (exact) mass is 490 g/mol. The number of carbonyl (C=O) groups is 2. The Morgan fingerprint density at radius 1 is 0.909 bits per heavy atom. The highest BCUT2D eigenvalue weighted by atomic mass is 35.5. The zero-order valence-electron chi connectivity index (χ0n) is 17.7. The summed E-state index contributed by atoms with van der Waals surface area (Å²) in [6.45, 7) is 2.34. The van der Waals surface area contributed by atoms with Gasteiger partial charge in [0.2, 0.25) is 0 Å². The lowest BCUT2D eigenvalue weighted by atomic mass is 10.1. The lowest BCUT2D eigenvalue weighted by Crippen LogP contribution is -2.31. The standard InChI is InChI=1S/C26H19ClN2O2S2/c1-16(18-7-3-2-4-8-18)29-25(31)23(33-26(29)32)22-20-9-5-6-10-21(20)28(24(22)30)15-17-11-13-19(27)14-12-17/h2-14,16H,15H2,1H3/b23-22-. The summed E-state index contributed by atoms with van der Waals surface area (Å²) in [7, 11) is 0. The van der Waals surface area contributed by atoms with Crippen LogP contribution in [0.1, 0.15) is 29.7 Å². The topological polar surface area (TPSA) is 40.6 Å². The van der Waals surface area contributed by atoms with Crippen molar-refractivity contribution in [2.45, 2.75) is 19.5 Å². The number of hydrogen-bond donors (Lipinski definition) is 0. The number of thiocarbonyl (C=S) groups is 1.